The molecule has 2 nitrogen and oxygen atoms in total. The highest BCUT2D eigenvalue weighted by Crippen LogP contribution is 2.17. The van der Waals surface area contributed by atoms with Gasteiger partial charge in [-0.15, -0.1) is 0 Å². The van der Waals surface area contributed by atoms with Crippen molar-refractivity contribution in [1.82, 2.24) is 4.98 Å². The number of rotatable bonds is 3. The summed E-state index contributed by atoms with van der Waals surface area (Å²) in [7, 11) is 0. The molecule has 0 aromatic carbocycles. The van der Waals surface area contributed by atoms with Crippen LogP contribution in [0.2, 0.25) is 0 Å². The highest BCUT2D eigenvalue weighted by atomic mass is 79.9. The number of halogens is 4. The lowest BCUT2D eigenvalue weighted by molar-refractivity contribution is -0.0554. The van der Waals surface area contributed by atoms with Crippen LogP contribution in [0.5, 0.6) is 5.88 Å². The summed E-state index contributed by atoms with van der Waals surface area (Å²) in [5.41, 5.74) is 0.428. The number of ether oxygens (including phenoxy) is 1. The SMILES string of the molecule is Fc1ccc(CBr)nc1OC(F)F. The summed E-state index contributed by atoms with van der Waals surface area (Å²) < 4.78 is 40.0. The van der Waals surface area contributed by atoms with Gasteiger partial charge in [-0.25, -0.2) is 9.37 Å². The van der Waals surface area contributed by atoms with E-state index in [1.807, 2.05) is 0 Å². The van der Waals surface area contributed by atoms with Gasteiger partial charge in [0.05, 0.1) is 5.69 Å². The lowest BCUT2D eigenvalue weighted by atomic mass is 10.4. The molecule has 0 aliphatic heterocycles. The van der Waals surface area contributed by atoms with E-state index in [0.717, 1.165) is 6.07 Å². The molecule has 0 N–H and O–H groups in total. The molecular formula is C7H5BrF3NO. The van der Waals surface area contributed by atoms with E-state index in [0.29, 0.717) is 11.0 Å². The molecule has 1 aromatic heterocycles. The van der Waals surface area contributed by atoms with Crippen LogP contribution in [0, 0.1) is 5.82 Å². The van der Waals surface area contributed by atoms with Crippen LogP contribution in [0.15, 0.2) is 12.1 Å². The molecule has 1 rings (SSSR count). The second-order valence-electron chi connectivity index (χ2n) is 2.10. The molecule has 0 aliphatic rings. The largest absolute Gasteiger partial charge is 0.414 e. The Labute approximate surface area is 80.9 Å². The third-order valence-corrected chi connectivity index (χ3v) is 1.78. The summed E-state index contributed by atoms with van der Waals surface area (Å²) in [4.78, 5) is 3.51. The normalized spacial score (nSPS) is 10.5. The lowest BCUT2D eigenvalue weighted by Crippen LogP contribution is -2.06. The molecule has 0 saturated heterocycles. The maximum absolute atomic E-state index is 12.7. The van der Waals surface area contributed by atoms with Gasteiger partial charge in [-0.1, -0.05) is 15.9 Å². The molecule has 0 aliphatic carbocycles. The van der Waals surface area contributed by atoms with E-state index in [-0.39, 0.29) is 0 Å². The van der Waals surface area contributed by atoms with E-state index < -0.39 is 18.3 Å². The summed E-state index contributed by atoms with van der Waals surface area (Å²) in [6, 6.07) is 2.41. The van der Waals surface area contributed by atoms with E-state index in [1.54, 1.807) is 0 Å². The molecule has 0 fully saturated rings. The average molecular weight is 256 g/mol. The molecule has 0 amide bonds. The van der Waals surface area contributed by atoms with Gasteiger partial charge in [-0.3, -0.25) is 0 Å². The molecule has 72 valence electrons. The molecular weight excluding hydrogens is 251 g/mol. The Kier molecular flexibility index (Phi) is 3.53. The van der Waals surface area contributed by atoms with Gasteiger partial charge in [-0.05, 0) is 12.1 Å². The standard InChI is InChI=1S/C7H5BrF3NO/c8-3-4-1-2-5(9)6(12-4)13-7(10)11/h1-2,7H,3H2. The van der Waals surface area contributed by atoms with Crippen LogP contribution in [0.25, 0.3) is 0 Å². The van der Waals surface area contributed by atoms with Crippen molar-refractivity contribution in [2.24, 2.45) is 0 Å². The zero-order valence-corrected chi connectivity index (χ0v) is 7.89. The first-order chi connectivity index (χ1) is 6.13. The fourth-order valence-corrected chi connectivity index (χ4v) is 1.02. The van der Waals surface area contributed by atoms with Gasteiger partial charge in [0, 0.05) is 5.33 Å². The number of nitrogens with zero attached hydrogens (tertiary/aromatic N) is 1. The highest BCUT2D eigenvalue weighted by molar-refractivity contribution is 9.08. The van der Waals surface area contributed by atoms with E-state index in [1.165, 1.54) is 6.07 Å². The molecule has 0 radical (unpaired) electrons. The number of hydrogen-bond donors (Lipinski definition) is 0. The van der Waals surface area contributed by atoms with Crippen molar-refractivity contribution in [3.8, 4) is 5.88 Å². The zero-order chi connectivity index (χ0) is 9.84. The van der Waals surface area contributed by atoms with Gasteiger partial charge in [-0.2, -0.15) is 8.78 Å². The third kappa shape index (κ3) is 2.87. The Morgan fingerprint density at radius 1 is 1.46 bits per heavy atom. The maximum Gasteiger partial charge on any atom is 0.388 e. The van der Waals surface area contributed by atoms with Gasteiger partial charge < -0.3 is 4.74 Å². The molecule has 0 unspecified atom stereocenters. The predicted molar refractivity (Wildman–Crippen MR) is 43.5 cm³/mol. The minimum absolute atomic E-state index is 0.354. The van der Waals surface area contributed by atoms with Crippen LogP contribution in [0.4, 0.5) is 13.2 Å². The summed E-state index contributed by atoms with van der Waals surface area (Å²) in [5, 5.41) is 0.354. The fraction of sp³-hybridized carbons (Fsp3) is 0.286. The average Bonchev–Trinajstić information content (AvgIpc) is 2.08. The Bertz CT molecular complexity index is 295. The van der Waals surface area contributed by atoms with Gasteiger partial charge in [0.25, 0.3) is 5.88 Å². The smallest absolute Gasteiger partial charge is 0.388 e. The van der Waals surface area contributed by atoms with Gasteiger partial charge in [0.2, 0.25) is 0 Å². The van der Waals surface area contributed by atoms with Crippen molar-refractivity contribution in [2.75, 3.05) is 0 Å². The third-order valence-electron chi connectivity index (χ3n) is 1.21. The molecule has 13 heavy (non-hydrogen) atoms. The Hall–Kier alpha value is -0.780. The summed E-state index contributed by atoms with van der Waals surface area (Å²) in [5.74, 6) is -1.57. The number of alkyl halides is 3. The number of hydrogen-bond acceptors (Lipinski definition) is 2. The fourth-order valence-electron chi connectivity index (χ4n) is 0.703. The molecule has 0 saturated carbocycles. The molecule has 0 bridgehead atoms. The van der Waals surface area contributed by atoms with Gasteiger partial charge >= 0.3 is 6.61 Å². The van der Waals surface area contributed by atoms with Crippen molar-refractivity contribution in [3.63, 3.8) is 0 Å². The predicted octanol–water partition coefficient (Wildman–Crippen LogP) is 2.72. The maximum atomic E-state index is 12.7. The topological polar surface area (TPSA) is 22.1 Å². The van der Waals surface area contributed by atoms with Crippen molar-refractivity contribution in [1.29, 1.82) is 0 Å². The zero-order valence-electron chi connectivity index (χ0n) is 6.31. The number of pyridine rings is 1. The van der Waals surface area contributed by atoms with Gasteiger partial charge in [0.1, 0.15) is 0 Å². The van der Waals surface area contributed by atoms with Crippen LogP contribution >= 0.6 is 15.9 Å². The second-order valence-corrected chi connectivity index (χ2v) is 2.66. The van der Waals surface area contributed by atoms with Crippen LogP contribution in [0.3, 0.4) is 0 Å². The molecule has 0 atom stereocenters. The monoisotopic (exact) mass is 255 g/mol. The molecule has 0 spiro atoms. The summed E-state index contributed by atoms with van der Waals surface area (Å²) in [6.45, 7) is -3.06. The van der Waals surface area contributed by atoms with Crippen LogP contribution in [0.1, 0.15) is 5.69 Å². The number of aromatic nitrogens is 1. The first kappa shape index (κ1) is 10.3. The van der Waals surface area contributed by atoms with Crippen LogP contribution in [-0.2, 0) is 5.33 Å². The van der Waals surface area contributed by atoms with Crippen LogP contribution in [-0.4, -0.2) is 11.6 Å². The molecule has 1 aromatic rings. The Morgan fingerprint density at radius 2 is 2.15 bits per heavy atom. The molecule has 1 heterocycles. The van der Waals surface area contributed by atoms with Crippen molar-refractivity contribution < 1.29 is 17.9 Å². The van der Waals surface area contributed by atoms with Crippen molar-refractivity contribution in [3.05, 3.63) is 23.6 Å². The summed E-state index contributed by atoms with van der Waals surface area (Å²) >= 11 is 3.05. The quantitative estimate of drug-likeness (QED) is 0.775. The van der Waals surface area contributed by atoms with Crippen molar-refractivity contribution in [2.45, 2.75) is 11.9 Å². The van der Waals surface area contributed by atoms with E-state index in [2.05, 4.69) is 25.7 Å². The van der Waals surface area contributed by atoms with Crippen LogP contribution < -0.4 is 4.74 Å². The van der Waals surface area contributed by atoms with Crippen molar-refractivity contribution >= 4 is 15.9 Å². The lowest BCUT2D eigenvalue weighted by Gasteiger charge is -2.04. The minimum atomic E-state index is -3.06. The Morgan fingerprint density at radius 3 is 2.69 bits per heavy atom. The highest BCUT2D eigenvalue weighted by Gasteiger charge is 2.11. The molecule has 6 heteroatoms. The van der Waals surface area contributed by atoms with E-state index in [4.69, 9.17) is 0 Å². The summed E-state index contributed by atoms with van der Waals surface area (Å²) in [6.07, 6.45) is 0. The second kappa shape index (κ2) is 4.45. The van der Waals surface area contributed by atoms with Gasteiger partial charge in [0.15, 0.2) is 5.82 Å². The first-order valence-corrected chi connectivity index (χ1v) is 4.42. The Balaban J connectivity index is 2.90. The minimum Gasteiger partial charge on any atom is -0.414 e. The van der Waals surface area contributed by atoms with E-state index >= 15 is 0 Å². The van der Waals surface area contributed by atoms with E-state index in [9.17, 15) is 13.2 Å². The first-order valence-electron chi connectivity index (χ1n) is 3.29.